The van der Waals surface area contributed by atoms with Crippen LogP contribution in [0, 0.1) is 0 Å². The van der Waals surface area contributed by atoms with Crippen LogP contribution in [0.2, 0.25) is 5.02 Å². The summed E-state index contributed by atoms with van der Waals surface area (Å²) >= 11 is 6.01. The number of carbonyl (C=O) groups is 1. The molecule has 0 unspecified atom stereocenters. The molecule has 0 bridgehead atoms. The molecule has 0 saturated heterocycles. The highest BCUT2D eigenvalue weighted by Gasteiger charge is 2.22. The van der Waals surface area contributed by atoms with Gasteiger partial charge in [-0.25, -0.2) is 4.79 Å². The predicted molar refractivity (Wildman–Crippen MR) is 64.9 cm³/mol. The van der Waals surface area contributed by atoms with Crippen LogP contribution < -0.4 is 15.2 Å². The molecule has 0 amide bonds. The van der Waals surface area contributed by atoms with Crippen molar-refractivity contribution < 1.29 is 19.0 Å². The summed E-state index contributed by atoms with van der Waals surface area (Å²) in [6.07, 6.45) is 0. The molecule has 1 aromatic rings. The van der Waals surface area contributed by atoms with Crippen molar-refractivity contribution in [2.24, 2.45) is 0 Å². The van der Waals surface area contributed by atoms with Gasteiger partial charge in [0.1, 0.15) is 17.1 Å². The fraction of sp³-hybridized carbons (Fsp3) is 0.364. The maximum absolute atomic E-state index is 11.7. The number of benzene rings is 1. The second-order valence-electron chi connectivity index (χ2n) is 3.10. The smallest absolute Gasteiger partial charge is 0.342 e. The number of hydrogen-bond donors (Lipinski definition) is 1. The molecule has 0 aliphatic heterocycles. The number of ether oxygens (including phenoxy) is 3. The molecule has 0 fully saturated rings. The van der Waals surface area contributed by atoms with E-state index in [0.29, 0.717) is 11.5 Å². The first kappa shape index (κ1) is 13.4. The predicted octanol–water partition coefficient (Wildman–Crippen LogP) is 2.12. The van der Waals surface area contributed by atoms with Crippen LogP contribution in [0.5, 0.6) is 11.5 Å². The Morgan fingerprint density at radius 3 is 2.41 bits per heavy atom. The Balaban J connectivity index is 3.39. The van der Waals surface area contributed by atoms with Crippen molar-refractivity contribution in [3.8, 4) is 11.5 Å². The highest BCUT2D eigenvalue weighted by molar-refractivity contribution is 6.36. The molecule has 0 saturated carbocycles. The van der Waals surface area contributed by atoms with Crippen molar-refractivity contribution in [2.75, 3.05) is 26.6 Å². The zero-order valence-electron chi connectivity index (χ0n) is 9.87. The minimum Gasteiger partial charge on any atom is -0.495 e. The second kappa shape index (κ2) is 5.63. The van der Waals surface area contributed by atoms with Crippen LogP contribution in [-0.4, -0.2) is 26.8 Å². The van der Waals surface area contributed by atoms with Gasteiger partial charge in [0.2, 0.25) is 0 Å². The summed E-state index contributed by atoms with van der Waals surface area (Å²) in [7, 11) is 2.87. The van der Waals surface area contributed by atoms with Gasteiger partial charge in [-0.3, -0.25) is 0 Å². The van der Waals surface area contributed by atoms with E-state index in [9.17, 15) is 4.79 Å². The van der Waals surface area contributed by atoms with Gasteiger partial charge in [0.05, 0.1) is 31.5 Å². The lowest BCUT2D eigenvalue weighted by molar-refractivity contribution is 0.0527. The first-order chi connectivity index (χ1) is 8.06. The molecule has 2 N–H and O–H groups in total. The average molecular weight is 260 g/mol. The Morgan fingerprint density at radius 2 is 1.94 bits per heavy atom. The fourth-order valence-electron chi connectivity index (χ4n) is 1.35. The number of esters is 1. The Kier molecular flexibility index (Phi) is 4.45. The zero-order valence-corrected chi connectivity index (χ0v) is 10.6. The summed E-state index contributed by atoms with van der Waals surface area (Å²) in [5, 5.41) is 0.115. The minimum atomic E-state index is -0.604. The molecular formula is C11H14ClNO4. The summed E-state index contributed by atoms with van der Waals surface area (Å²) in [5.74, 6) is 0.0160. The SMILES string of the molecule is CCOC(=O)c1c(N)c(OC)cc(OC)c1Cl. The van der Waals surface area contributed by atoms with Crippen molar-refractivity contribution in [3.05, 3.63) is 16.7 Å². The third-order valence-corrected chi connectivity index (χ3v) is 2.53. The van der Waals surface area contributed by atoms with Gasteiger partial charge in [-0.2, -0.15) is 0 Å². The van der Waals surface area contributed by atoms with E-state index in [0.717, 1.165) is 0 Å². The van der Waals surface area contributed by atoms with Gasteiger partial charge < -0.3 is 19.9 Å². The van der Waals surface area contributed by atoms with Gasteiger partial charge in [-0.15, -0.1) is 0 Å². The number of methoxy groups -OCH3 is 2. The maximum Gasteiger partial charge on any atom is 0.342 e. The molecule has 0 radical (unpaired) electrons. The molecule has 94 valence electrons. The maximum atomic E-state index is 11.7. The van der Waals surface area contributed by atoms with Crippen LogP contribution in [-0.2, 0) is 4.74 Å². The summed E-state index contributed by atoms with van der Waals surface area (Å²) < 4.78 is 15.0. The number of nitrogens with two attached hydrogens (primary N) is 1. The minimum absolute atomic E-state index is 0.0599. The summed E-state index contributed by atoms with van der Waals surface area (Å²) in [4.78, 5) is 11.7. The van der Waals surface area contributed by atoms with Crippen LogP contribution >= 0.6 is 11.6 Å². The zero-order chi connectivity index (χ0) is 13.0. The van der Waals surface area contributed by atoms with Gasteiger partial charge in [0, 0.05) is 6.07 Å². The summed E-state index contributed by atoms with van der Waals surface area (Å²) in [5.41, 5.74) is 5.98. The largest absolute Gasteiger partial charge is 0.495 e. The molecule has 0 atom stereocenters. The van der Waals surface area contributed by atoms with Crippen LogP contribution in [0.3, 0.4) is 0 Å². The van der Waals surface area contributed by atoms with Crippen molar-refractivity contribution in [3.63, 3.8) is 0 Å². The molecule has 0 heterocycles. The summed E-state index contributed by atoms with van der Waals surface area (Å²) in [6.45, 7) is 1.92. The second-order valence-corrected chi connectivity index (χ2v) is 3.48. The third-order valence-electron chi connectivity index (χ3n) is 2.15. The fourth-order valence-corrected chi connectivity index (χ4v) is 1.66. The van der Waals surface area contributed by atoms with Gasteiger partial charge >= 0.3 is 5.97 Å². The van der Waals surface area contributed by atoms with E-state index in [1.165, 1.54) is 20.3 Å². The molecule has 0 aromatic heterocycles. The quantitative estimate of drug-likeness (QED) is 0.662. The third kappa shape index (κ3) is 2.55. The van der Waals surface area contributed by atoms with E-state index in [2.05, 4.69) is 0 Å². The lowest BCUT2D eigenvalue weighted by Gasteiger charge is -2.14. The van der Waals surface area contributed by atoms with E-state index in [-0.39, 0.29) is 22.9 Å². The number of hydrogen-bond acceptors (Lipinski definition) is 5. The van der Waals surface area contributed by atoms with Gasteiger partial charge in [-0.05, 0) is 6.92 Å². The first-order valence-electron chi connectivity index (χ1n) is 4.93. The average Bonchev–Trinajstić information content (AvgIpc) is 2.30. The topological polar surface area (TPSA) is 70.8 Å². The van der Waals surface area contributed by atoms with Gasteiger partial charge in [0.15, 0.2) is 0 Å². The number of halogens is 1. The molecule has 6 heteroatoms. The molecule has 0 spiro atoms. The van der Waals surface area contributed by atoms with E-state index in [1.54, 1.807) is 6.92 Å². The van der Waals surface area contributed by atoms with E-state index < -0.39 is 5.97 Å². The van der Waals surface area contributed by atoms with Gasteiger partial charge in [-0.1, -0.05) is 11.6 Å². The van der Waals surface area contributed by atoms with Crippen LogP contribution in [0.4, 0.5) is 5.69 Å². The highest BCUT2D eigenvalue weighted by atomic mass is 35.5. The Bertz CT molecular complexity index is 406. The molecule has 1 rings (SSSR count). The molecule has 1 aromatic carbocycles. The van der Waals surface area contributed by atoms with E-state index in [4.69, 9.17) is 31.5 Å². The monoisotopic (exact) mass is 259 g/mol. The van der Waals surface area contributed by atoms with Crippen LogP contribution in [0.25, 0.3) is 0 Å². The molecule has 17 heavy (non-hydrogen) atoms. The Morgan fingerprint density at radius 1 is 1.35 bits per heavy atom. The van der Waals surface area contributed by atoms with Crippen molar-refractivity contribution in [2.45, 2.75) is 6.92 Å². The van der Waals surface area contributed by atoms with Gasteiger partial charge in [0.25, 0.3) is 0 Å². The number of rotatable bonds is 4. The molecule has 5 nitrogen and oxygen atoms in total. The van der Waals surface area contributed by atoms with Crippen LogP contribution in [0.1, 0.15) is 17.3 Å². The van der Waals surface area contributed by atoms with Crippen molar-refractivity contribution >= 4 is 23.3 Å². The highest BCUT2D eigenvalue weighted by Crippen LogP contribution is 2.39. The standard InChI is InChI=1S/C11H14ClNO4/c1-4-17-11(14)8-9(12)6(15-2)5-7(16-3)10(8)13/h5H,4,13H2,1-3H3. The Hall–Kier alpha value is -1.62. The van der Waals surface area contributed by atoms with Crippen LogP contribution in [0.15, 0.2) is 6.07 Å². The molecule has 0 aliphatic rings. The number of nitrogen functional groups attached to an aromatic ring is 1. The molecular weight excluding hydrogens is 246 g/mol. The lowest BCUT2D eigenvalue weighted by atomic mass is 10.1. The summed E-state index contributed by atoms with van der Waals surface area (Å²) in [6, 6.07) is 1.51. The normalized spacial score (nSPS) is 9.88. The number of anilines is 1. The van der Waals surface area contributed by atoms with Crippen molar-refractivity contribution in [1.29, 1.82) is 0 Å². The van der Waals surface area contributed by atoms with E-state index in [1.807, 2.05) is 0 Å². The van der Waals surface area contributed by atoms with Crippen molar-refractivity contribution in [1.82, 2.24) is 0 Å². The molecule has 0 aliphatic carbocycles. The number of carbonyl (C=O) groups excluding carboxylic acids is 1. The lowest BCUT2D eigenvalue weighted by Crippen LogP contribution is -2.10. The first-order valence-corrected chi connectivity index (χ1v) is 5.31. The Labute approximate surface area is 104 Å². The van der Waals surface area contributed by atoms with E-state index >= 15 is 0 Å².